The zero-order valence-corrected chi connectivity index (χ0v) is 9.09. The van der Waals surface area contributed by atoms with Crippen molar-refractivity contribution in [3.8, 4) is 0 Å². The summed E-state index contributed by atoms with van der Waals surface area (Å²) in [6, 6.07) is 6.86. The molecule has 0 heterocycles. The van der Waals surface area contributed by atoms with Crippen LogP contribution >= 0.6 is 0 Å². The molecule has 0 saturated carbocycles. The van der Waals surface area contributed by atoms with Gasteiger partial charge in [-0.15, -0.1) is 0 Å². The molecule has 1 unspecified atom stereocenters. The summed E-state index contributed by atoms with van der Waals surface area (Å²) in [5, 5.41) is 0. The van der Waals surface area contributed by atoms with Crippen LogP contribution in [0.4, 0.5) is 4.39 Å². The van der Waals surface area contributed by atoms with Crippen LogP contribution in [0.25, 0.3) is 0 Å². The monoisotopic (exact) mass is 194 g/mol. The molecule has 0 N–H and O–H groups in total. The van der Waals surface area contributed by atoms with Gasteiger partial charge < -0.3 is 0 Å². The molecule has 1 aromatic rings. The molecule has 0 aliphatic heterocycles. The molecule has 78 valence electrons. The first-order chi connectivity index (χ1) is 6.72. The minimum atomic E-state index is -0.144. The second-order valence-electron chi connectivity index (χ2n) is 4.08. The lowest BCUT2D eigenvalue weighted by Gasteiger charge is -2.10. The summed E-state index contributed by atoms with van der Waals surface area (Å²) in [6.45, 7) is 4.48. The highest BCUT2D eigenvalue weighted by atomic mass is 19.1. The Morgan fingerprint density at radius 1 is 1.21 bits per heavy atom. The van der Waals surface area contributed by atoms with Crippen molar-refractivity contribution in [2.24, 2.45) is 5.92 Å². The van der Waals surface area contributed by atoms with Gasteiger partial charge in [0.25, 0.3) is 0 Å². The van der Waals surface area contributed by atoms with E-state index in [-0.39, 0.29) is 5.82 Å². The van der Waals surface area contributed by atoms with E-state index < -0.39 is 0 Å². The number of hydrogen-bond donors (Lipinski definition) is 0. The van der Waals surface area contributed by atoms with Crippen LogP contribution in [0.2, 0.25) is 0 Å². The molecule has 0 radical (unpaired) electrons. The van der Waals surface area contributed by atoms with Gasteiger partial charge in [0.1, 0.15) is 5.82 Å². The summed E-state index contributed by atoms with van der Waals surface area (Å²) in [4.78, 5) is 0. The molecule has 0 aliphatic rings. The Bertz CT molecular complexity index is 250. The first-order valence-electron chi connectivity index (χ1n) is 5.46. The molecule has 1 heteroatoms. The van der Waals surface area contributed by atoms with Crippen molar-refractivity contribution in [3.63, 3.8) is 0 Å². The third-order valence-electron chi connectivity index (χ3n) is 2.55. The zero-order valence-electron chi connectivity index (χ0n) is 9.09. The molecular weight excluding hydrogens is 175 g/mol. The lowest BCUT2D eigenvalue weighted by Crippen LogP contribution is -1.99. The van der Waals surface area contributed by atoms with E-state index in [4.69, 9.17) is 0 Å². The molecule has 0 fully saturated rings. The molecule has 14 heavy (non-hydrogen) atoms. The Morgan fingerprint density at radius 3 is 2.43 bits per heavy atom. The topological polar surface area (TPSA) is 0 Å². The van der Waals surface area contributed by atoms with Crippen molar-refractivity contribution in [2.45, 2.75) is 39.5 Å². The van der Waals surface area contributed by atoms with Crippen molar-refractivity contribution < 1.29 is 4.39 Å². The fraction of sp³-hybridized carbons (Fsp3) is 0.538. The van der Waals surface area contributed by atoms with E-state index >= 15 is 0 Å². The number of rotatable bonds is 5. The molecule has 1 atom stereocenters. The molecule has 0 aliphatic carbocycles. The minimum absolute atomic E-state index is 0.144. The Morgan fingerprint density at radius 2 is 1.86 bits per heavy atom. The van der Waals surface area contributed by atoms with E-state index in [1.165, 1.54) is 24.8 Å². The standard InChI is InChI=1S/C13H19F/c1-3-4-5-11(2)10-12-6-8-13(14)9-7-12/h6-9,11H,3-5,10H2,1-2H3. The second kappa shape index (κ2) is 5.79. The molecule has 0 nitrogen and oxygen atoms in total. The smallest absolute Gasteiger partial charge is 0.123 e. The molecule has 0 saturated heterocycles. The molecule has 0 aromatic heterocycles. The number of benzene rings is 1. The first-order valence-corrected chi connectivity index (χ1v) is 5.46. The Balaban J connectivity index is 2.39. The average molecular weight is 194 g/mol. The van der Waals surface area contributed by atoms with Crippen LogP contribution in [0.1, 0.15) is 38.7 Å². The molecule has 0 amide bonds. The highest BCUT2D eigenvalue weighted by Gasteiger charge is 2.02. The van der Waals surface area contributed by atoms with E-state index in [2.05, 4.69) is 13.8 Å². The molecule has 1 rings (SSSR count). The summed E-state index contributed by atoms with van der Waals surface area (Å²) in [5.74, 6) is 0.565. The fourth-order valence-electron chi connectivity index (χ4n) is 1.68. The Labute approximate surface area is 86.2 Å². The van der Waals surface area contributed by atoms with Crippen molar-refractivity contribution in [1.82, 2.24) is 0 Å². The van der Waals surface area contributed by atoms with Crippen molar-refractivity contribution >= 4 is 0 Å². The van der Waals surface area contributed by atoms with Gasteiger partial charge in [-0.25, -0.2) is 4.39 Å². The maximum atomic E-state index is 12.6. The van der Waals surface area contributed by atoms with Crippen LogP contribution in [-0.2, 0) is 6.42 Å². The van der Waals surface area contributed by atoms with E-state index in [9.17, 15) is 4.39 Å². The number of hydrogen-bond acceptors (Lipinski definition) is 0. The lowest BCUT2D eigenvalue weighted by atomic mass is 9.96. The highest BCUT2D eigenvalue weighted by molar-refractivity contribution is 5.16. The first kappa shape index (κ1) is 11.2. The van der Waals surface area contributed by atoms with Crippen LogP contribution in [0.5, 0.6) is 0 Å². The fourth-order valence-corrected chi connectivity index (χ4v) is 1.68. The normalized spacial score (nSPS) is 12.8. The highest BCUT2D eigenvalue weighted by Crippen LogP contribution is 2.14. The van der Waals surface area contributed by atoms with Gasteiger partial charge in [0.2, 0.25) is 0 Å². The van der Waals surface area contributed by atoms with E-state index in [0.29, 0.717) is 5.92 Å². The molecule has 0 bridgehead atoms. The van der Waals surface area contributed by atoms with Crippen LogP contribution in [-0.4, -0.2) is 0 Å². The number of halogens is 1. The SMILES string of the molecule is CCCCC(C)Cc1ccc(F)cc1. The quantitative estimate of drug-likeness (QED) is 0.659. The number of unbranched alkanes of at least 4 members (excludes halogenated alkanes) is 1. The average Bonchev–Trinajstić information content (AvgIpc) is 2.18. The predicted octanol–water partition coefficient (Wildman–Crippen LogP) is 4.19. The summed E-state index contributed by atoms with van der Waals surface area (Å²) < 4.78 is 12.6. The van der Waals surface area contributed by atoms with E-state index in [0.717, 1.165) is 6.42 Å². The maximum Gasteiger partial charge on any atom is 0.123 e. The van der Waals surface area contributed by atoms with Gasteiger partial charge in [0.05, 0.1) is 0 Å². The van der Waals surface area contributed by atoms with Gasteiger partial charge >= 0.3 is 0 Å². The lowest BCUT2D eigenvalue weighted by molar-refractivity contribution is 0.503. The Hall–Kier alpha value is -0.850. The molecular formula is C13H19F. The van der Waals surface area contributed by atoms with E-state index in [1.807, 2.05) is 12.1 Å². The summed E-state index contributed by atoms with van der Waals surface area (Å²) in [6.07, 6.45) is 4.89. The summed E-state index contributed by atoms with van der Waals surface area (Å²) in [7, 11) is 0. The molecule has 0 spiro atoms. The van der Waals surface area contributed by atoms with Crippen molar-refractivity contribution in [3.05, 3.63) is 35.6 Å². The Kier molecular flexibility index (Phi) is 4.64. The van der Waals surface area contributed by atoms with Gasteiger partial charge in [0.15, 0.2) is 0 Å². The van der Waals surface area contributed by atoms with Gasteiger partial charge in [-0.05, 0) is 30.0 Å². The van der Waals surface area contributed by atoms with Crippen LogP contribution in [0.3, 0.4) is 0 Å². The largest absolute Gasteiger partial charge is 0.207 e. The van der Waals surface area contributed by atoms with Crippen molar-refractivity contribution in [1.29, 1.82) is 0 Å². The van der Waals surface area contributed by atoms with Gasteiger partial charge in [-0.3, -0.25) is 0 Å². The third-order valence-corrected chi connectivity index (χ3v) is 2.55. The van der Waals surface area contributed by atoms with Crippen LogP contribution in [0, 0.1) is 11.7 Å². The summed E-state index contributed by atoms with van der Waals surface area (Å²) in [5.41, 5.74) is 1.25. The third kappa shape index (κ3) is 3.91. The van der Waals surface area contributed by atoms with Crippen LogP contribution in [0.15, 0.2) is 24.3 Å². The zero-order chi connectivity index (χ0) is 10.4. The second-order valence-corrected chi connectivity index (χ2v) is 4.08. The maximum absolute atomic E-state index is 12.6. The van der Waals surface area contributed by atoms with E-state index in [1.54, 1.807) is 12.1 Å². The van der Waals surface area contributed by atoms with Gasteiger partial charge in [-0.1, -0.05) is 45.2 Å². The van der Waals surface area contributed by atoms with Gasteiger partial charge in [-0.2, -0.15) is 0 Å². The van der Waals surface area contributed by atoms with Gasteiger partial charge in [0, 0.05) is 0 Å². The summed E-state index contributed by atoms with van der Waals surface area (Å²) >= 11 is 0. The van der Waals surface area contributed by atoms with Crippen LogP contribution < -0.4 is 0 Å². The minimum Gasteiger partial charge on any atom is -0.207 e. The molecule has 1 aromatic carbocycles. The predicted molar refractivity (Wildman–Crippen MR) is 58.8 cm³/mol. The van der Waals surface area contributed by atoms with Crippen molar-refractivity contribution in [2.75, 3.05) is 0 Å².